The number of hydrogen-bond donors (Lipinski definition) is 1. The van der Waals surface area contributed by atoms with Gasteiger partial charge in [-0.05, 0) is 31.4 Å². The average molecular weight is 189 g/mol. The Morgan fingerprint density at radius 3 is 2.17 bits per heavy atom. The highest BCUT2D eigenvalue weighted by Crippen LogP contribution is 2.16. The fourth-order valence-corrected chi connectivity index (χ4v) is 2.21. The molecule has 0 rings (SSSR count). The van der Waals surface area contributed by atoms with Crippen molar-refractivity contribution in [1.82, 2.24) is 5.32 Å². The van der Waals surface area contributed by atoms with Crippen LogP contribution in [0.2, 0.25) is 0 Å². The third-order valence-corrected chi connectivity index (χ3v) is 3.27. The molecule has 2 heteroatoms. The zero-order valence-corrected chi connectivity index (χ0v) is 9.71. The van der Waals surface area contributed by atoms with Crippen molar-refractivity contribution in [2.75, 3.05) is 19.1 Å². The quantitative estimate of drug-likeness (QED) is 0.661. The van der Waals surface area contributed by atoms with E-state index in [1.165, 1.54) is 25.0 Å². The van der Waals surface area contributed by atoms with E-state index in [1.54, 1.807) is 0 Å². The van der Waals surface area contributed by atoms with E-state index >= 15 is 0 Å². The van der Waals surface area contributed by atoms with Crippen molar-refractivity contribution in [3.05, 3.63) is 0 Å². The molecule has 0 amide bonds. The van der Waals surface area contributed by atoms with Crippen LogP contribution in [0.5, 0.6) is 0 Å². The van der Waals surface area contributed by atoms with Gasteiger partial charge >= 0.3 is 0 Å². The largest absolute Gasteiger partial charge is 0.317 e. The van der Waals surface area contributed by atoms with Crippen LogP contribution in [0.1, 0.15) is 33.1 Å². The predicted octanol–water partition coefficient (Wildman–Crippen LogP) is 2.76. The molecule has 1 atom stereocenters. The zero-order chi connectivity index (χ0) is 9.40. The summed E-state index contributed by atoms with van der Waals surface area (Å²) in [5.41, 5.74) is 0. The van der Waals surface area contributed by atoms with E-state index in [0.717, 1.165) is 12.0 Å². The summed E-state index contributed by atoms with van der Waals surface area (Å²) in [6, 6.07) is 0.729. The van der Waals surface area contributed by atoms with E-state index in [2.05, 4.69) is 32.5 Å². The minimum Gasteiger partial charge on any atom is -0.317 e. The summed E-state index contributed by atoms with van der Waals surface area (Å²) < 4.78 is 0. The summed E-state index contributed by atoms with van der Waals surface area (Å²) in [7, 11) is 2.09. The smallest absolute Gasteiger partial charge is 0.00999 e. The molecule has 0 aliphatic carbocycles. The molecule has 0 aromatic rings. The summed E-state index contributed by atoms with van der Waals surface area (Å²) in [5.74, 6) is 2.14. The van der Waals surface area contributed by atoms with Crippen LogP contribution in [-0.4, -0.2) is 25.1 Å². The maximum absolute atomic E-state index is 3.43. The second kappa shape index (κ2) is 7.93. The lowest BCUT2D eigenvalue weighted by Crippen LogP contribution is -2.33. The van der Waals surface area contributed by atoms with Gasteiger partial charge in [-0.25, -0.2) is 0 Å². The van der Waals surface area contributed by atoms with Gasteiger partial charge in [-0.1, -0.05) is 26.7 Å². The molecule has 0 bridgehead atoms. The first-order chi connectivity index (χ1) is 5.79. The average Bonchev–Trinajstić information content (AvgIpc) is 2.12. The fraction of sp³-hybridized carbons (Fsp3) is 1.00. The molecule has 0 saturated carbocycles. The number of thioether (sulfide) groups is 1. The van der Waals surface area contributed by atoms with Crippen LogP contribution in [0.3, 0.4) is 0 Å². The highest BCUT2D eigenvalue weighted by Gasteiger charge is 2.15. The first kappa shape index (κ1) is 12.3. The van der Waals surface area contributed by atoms with Crippen molar-refractivity contribution in [1.29, 1.82) is 0 Å². The minimum absolute atomic E-state index is 0.729. The number of hydrogen-bond acceptors (Lipinski definition) is 2. The maximum Gasteiger partial charge on any atom is 0.00999 e. The van der Waals surface area contributed by atoms with E-state index < -0.39 is 0 Å². The third kappa shape index (κ3) is 4.36. The zero-order valence-electron chi connectivity index (χ0n) is 8.89. The second-order valence-electron chi connectivity index (χ2n) is 3.25. The second-order valence-corrected chi connectivity index (χ2v) is 4.24. The lowest BCUT2D eigenvalue weighted by Gasteiger charge is -2.24. The molecule has 1 nitrogen and oxygen atoms in total. The third-order valence-electron chi connectivity index (χ3n) is 2.62. The Hall–Kier alpha value is 0.310. The Labute approximate surface area is 81.7 Å². The Kier molecular flexibility index (Phi) is 8.14. The molecule has 0 aromatic carbocycles. The van der Waals surface area contributed by atoms with Crippen molar-refractivity contribution in [2.24, 2.45) is 5.92 Å². The molecule has 1 N–H and O–H groups in total. The Bertz CT molecular complexity index is 91.8. The normalized spacial score (nSPS) is 13.8. The van der Waals surface area contributed by atoms with Gasteiger partial charge in [0.2, 0.25) is 0 Å². The number of nitrogens with one attached hydrogen (secondary N) is 1. The molecular formula is C10H23NS. The summed E-state index contributed by atoms with van der Waals surface area (Å²) >= 11 is 1.94. The monoisotopic (exact) mass is 189 g/mol. The molecule has 12 heavy (non-hydrogen) atoms. The number of rotatable bonds is 7. The van der Waals surface area contributed by atoms with E-state index in [9.17, 15) is 0 Å². The van der Waals surface area contributed by atoms with Crippen molar-refractivity contribution < 1.29 is 0 Å². The van der Waals surface area contributed by atoms with Gasteiger partial charge in [0.15, 0.2) is 0 Å². The van der Waals surface area contributed by atoms with Crippen molar-refractivity contribution >= 4 is 11.8 Å². The van der Waals surface area contributed by atoms with Gasteiger partial charge < -0.3 is 5.32 Å². The summed E-state index contributed by atoms with van der Waals surface area (Å²) in [6.45, 7) is 4.58. The van der Waals surface area contributed by atoms with Crippen LogP contribution < -0.4 is 5.32 Å². The Morgan fingerprint density at radius 2 is 1.83 bits per heavy atom. The summed E-state index contributed by atoms with van der Waals surface area (Å²) in [4.78, 5) is 0. The first-order valence-electron chi connectivity index (χ1n) is 4.96. The van der Waals surface area contributed by atoms with Gasteiger partial charge in [-0.3, -0.25) is 0 Å². The summed E-state index contributed by atoms with van der Waals surface area (Å²) in [6.07, 6.45) is 6.09. The Morgan fingerprint density at radius 1 is 1.25 bits per heavy atom. The van der Waals surface area contributed by atoms with Crippen molar-refractivity contribution in [3.8, 4) is 0 Å². The molecule has 0 aliphatic heterocycles. The highest BCUT2D eigenvalue weighted by atomic mass is 32.2. The molecule has 0 saturated heterocycles. The van der Waals surface area contributed by atoms with Gasteiger partial charge in [0.05, 0.1) is 0 Å². The van der Waals surface area contributed by atoms with Crippen molar-refractivity contribution in [2.45, 2.75) is 39.2 Å². The SMILES string of the molecule is CCC(CC)C(CCSC)NC. The van der Waals surface area contributed by atoms with E-state index in [0.29, 0.717) is 0 Å². The molecule has 0 aromatic heterocycles. The molecular weight excluding hydrogens is 166 g/mol. The minimum atomic E-state index is 0.729. The summed E-state index contributed by atoms with van der Waals surface area (Å²) in [5, 5.41) is 3.43. The van der Waals surface area contributed by atoms with Gasteiger partial charge in [-0.15, -0.1) is 0 Å². The topological polar surface area (TPSA) is 12.0 Å². The maximum atomic E-state index is 3.43. The lowest BCUT2D eigenvalue weighted by molar-refractivity contribution is 0.345. The van der Waals surface area contributed by atoms with Gasteiger partial charge in [0.1, 0.15) is 0 Å². The molecule has 0 heterocycles. The van der Waals surface area contributed by atoms with E-state index in [1.807, 2.05) is 11.8 Å². The van der Waals surface area contributed by atoms with Gasteiger partial charge in [0.25, 0.3) is 0 Å². The molecule has 0 aliphatic rings. The van der Waals surface area contributed by atoms with E-state index in [4.69, 9.17) is 0 Å². The fourth-order valence-electron chi connectivity index (χ4n) is 1.72. The first-order valence-corrected chi connectivity index (χ1v) is 6.35. The molecule has 0 spiro atoms. The predicted molar refractivity (Wildman–Crippen MR) is 59.9 cm³/mol. The molecule has 0 radical (unpaired) electrons. The van der Waals surface area contributed by atoms with Crippen LogP contribution in [0, 0.1) is 5.92 Å². The van der Waals surface area contributed by atoms with Crippen molar-refractivity contribution in [3.63, 3.8) is 0 Å². The highest BCUT2D eigenvalue weighted by molar-refractivity contribution is 7.98. The molecule has 1 unspecified atom stereocenters. The van der Waals surface area contributed by atoms with E-state index in [-0.39, 0.29) is 0 Å². The lowest BCUT2D eigenvalue weighted by atomic mass is 9.92. The molecule has 74 valence electrons. The van der Waals surface area contributed by atoms with Crippen LogP contribution in [0.4, 0.5) is 0 Å². The Balaban J connectivity index is 3.75. The van der Waals surface area contributed by atoms with Gasteiger partial charge in [-0.2, -0.15) is 11.8 Å². The van der Waals surface area contributed by atoms with Crippen LogP contribution in [-0.2, 0) is 0 Å². The van der Waals surface area contributed by atoms with Crippen LogP contribution in [0.15, 0.2) is 0 Å². The molecule has 0 fully saturated rings. The van der Waals surface area contributed by atoms with Crippen LogP contribution >= 0.6 is 11.8 Å². The standard InChI is InChI=1S/C10H23NS/c1-5-9(6-2)10(11-3)7-8-12-4/h9-11H,5-8H2,1-4H3. The van der Waals surface area contributed by atoms with Gasteiger partial charge in [0, 0.05) is 6.04 Å². The van der Waals surface area contributed by atoms with Crippen LogP contribution in [0.25, 0.3) is 0 Å².